The van der Waals surface area contributed by atoms with Gasteiger partial charge in [-0.05, 0) is 25.0 Å². The summed E-state index contributed by atoms with van der Waals surface area (Å²) in [6, 6.07) is 1.80. The van der Waals surface area contributed by atoms with Crippen LogP contribution in [0.15, 0.2) is 24.7 Å². The lowest BCUT2D eigenvalue weighted by Gasteiger charge is -2.04. The van der Waals surface area contributed by atoms with Gasteiger partial charge in [-0.15, -0.1) is 0 Å². The van der Waals surface area contributed by atoms with Crippen LogP contribution in [0.5, 0.6) is 0 Å². The van der Waals surface area contributed by atoms with Crippen molar-refractivity contribution in [1.82, 2.24) is 15.2 Å². The molecule has 2 N–H and O–H groups in total. The number of aromatic nitrogens is 3. The number of nitrogens with one attached hydrogen (secondary N) is 2. The summed E-state index contributed by atoms with van der Waals surface area (Å²) < 4.78 is 0. The van der Waals surface area contributed by atoms with Gasteiger partial charge in [0.2, 0.25) is 0 Å². The molecule has 5 heteroatoms. The monoisotopic (exact) mass is 230 g/mol. The minimum Gasteiger partial charge on any atom is -0.307 e. The molecule has 0 unspecified atom stereocenters. The standard InChI is InChI=1S/C12H14N4O/c1-3-9-7-14-16-11(9)15-12(17)10-4-8(2)5-13-6-10/h4-7H,3H2,1-2H3,(H2,14,15,16,17). The summed E-state index contributed by atoms with van der Waals surface area (Å²) in [7, 11) is 0. The molecule has 2 rings (SSSR count). The number of hydrogen-bond donors (Lipinski definition) is 2. The summed E-state index contributed by atoms with van der Waals surface area (Å²) in [5.74, 6) is 0.471. The van der Waals surface area contributed by atoms with E-state index in [2.05, 4.69) is 20.5 Å². The summed E-state index contributed by atoms with van der Waals surface area (Å²) in [5.41, 5.74) is 2.48. The first-order valence-electron chi connectivity index (χ1n) is 5.46. The number of aromatic amines is 1. The second-order valence-corrected chi connectivity index (χ2v) is 3.83. The van der Waals surface area contributed by atoms with Gasteiger partial charge in [0.1, 0.15) is 5.82 Å². The zero-order chi connectivity index (χ0) is 12.3. The molecule has 0 aliphatic carbocycles. The first-order valence-corrected chi connectivity index (χ1v) is 5.46. The van der Waals surface area contributed by atoms with Gasteiger partial charge in [-0.2, -0.15) is 5.10 Å². The van der Waals surface area contributed by atoms with Gasteiger partial charge in [0.15, 0.2) is 0 Å². The van der Waals surface area contributed by atoms with Crippen LogP contribution in [0.1, 0.15) is 28.4 Å². The van der Waals surface area contributed by atoms with Crippen molar-refractivity contribution in [3.63, 3.8) is 0 Å². The summed E-state index contributed by atoms with van der Waals surface area (Å²) in [5, 5.41) is 9.46. The lowest BCUT2D eigenvalue weighted by atomic mass is 10.2. The second kappa shape index (κ2) is 4.78. The zero-order valence-corrected chi connectivity index (χ0v) is 9.82. The second-order valence-electron chi connectivity index (χ2n) is 3.83. The van der Waals surface area contributed by atoms with Crippen molar-refractivity contribution in [3.05, 3.63) is 41.3 Å². The molecule has 0 saturated carbocycles. The number of amides is 1. The van der Waals surface area contributed by atoms with Gasteiger partial charge in [0.25, 0.3) is 5.91 Å². The quantitative estimate of drug-likeness (QED) is 0.846. The third-order valence-electron chi connectivity index (χ3n) is 2.47. The van der Waals surface area contributed by atoms with Crippen molar-refractivity contribution < 1.29 is 4.79 Å². The maximum atomic E-state index is 11.9. The van der Waals surface area contributed by atoms with Gasteiger partial charge in [-0.1, -0.05) is 6.92 Å². The van der Waals surface area contributed by atoms with Crippen LogP contribution in [0.3, 0.4) is 0 Å². The van der Waals surface area contributed by atoms with E-state index in [1.165, 1.54) is 0 Å². The number of hydrogen-bond acceptors (Lipinski definition) is 3. The van der Waals surface area contributed by atoms with E-state index in [1.807, 2.05) is 13.8 Å². The number of H-pyrrole nitrogens is 1. The number of nitrogens with zero attached hydrogens (tertiary/aromatic N) is 2. The molecule has 0 aliphatic rings. The molecule has 0 atom stereocenters. The average Bonchev–Trinajstić information content (AvgIpc) is 2.76. The fraction of sp³-hybridized carbons (Fsp3) is 0.250. The van der Waals surface area contributed by atoms with Crippen LogP contribution in [0, 0.1) is 6.92 Å². The van der Waals surface area contributed by atoms with Gasteiger partial charge in [-0.25, -0.2) is 0 Å². The molecule has 0 aromatic carbocycles. The van der Waals surface area contributed by atoms with Crippen molar-refractivity contribution in [1.29, 1.82) is 0 Å². The molecule has 2 heterocycles. The van der Waals surface area contributed by atoms with E-state index in [9.17, 15) is 4.79 Å². The number of carbonyl (C=O) groups excluding carboxylic acids is 1. The summed E-state index contributed by atoms with van der Waals surface area (Å²) in [4.78, 5) is 15.9. The molecule has 0 fully saturated rings. The van der Waals surface area contributed by atoms with Gasteiger partial charge in [0.05, 0.1) is 11.8 Å². The van der Waals surface area contributed by atoms with Crippen molar-refractivity contribution >= 4 is 11.7 Å². The first-order chi connectivity index (χ1) is 8.20. The molecule has 88 valence electrons. The van der Waals surface area contributed by atoms with Crippen LogP contribution in [0.25, 0.3) is 0 Å². The number of anilines is 1. The number of pyridine rings is 1. The van der Waals surface area contributed by atoms with E-state index >= 15 is 0 Å². The van der Waals surface area contributed by atoms with E-state index in [4.69, 9.17) is 0 Å². The molecule has 0 saturated heterocycles. The highest BCUT2D eigenvalue weighted by atomic mass is 16.1. The van der Waals surface area contributed by atoms with Crippen LogP contribution in [0.2, 0.25) is 0 Å². The molecule has 2 aromatic rings. The molecule has 17 heavy (non-hydrogen) atoms. The molecular weight excluding hydrogens is 216 g/mol. The highest BCUT2D eigenvalue weighted by Gasteiger charge is 2.10. The lowest BCUT2D eigenvalue weighted by molar-refractivity contribution is 0.102. The third-order valence-corrected chi connectivity index (χ3v) is 2.47. The van der Waals surface area contributed by atoms with Gasteiger partial charge < -0.3 is 5.32 Å². The minimum atomic E-state index is -0.180. The number of carbonyl (C=O) groups is 1. The largest absolute Gasteiger partial charge is 0.307 e. The Labute approximate surface area is 99.3 Å². The third kappa shape index (κ3) is 2.50. The molecule has 1 amide bonds. The van der Waals surface area contributed by atoms with Crippen molar-refractivity contribution in [2.75, 3.05) is 5.32 Å². The SMILES string of the molecule is CCc1cn[nH]c1NC(=O)c1cncc(C)c1. The van der Waals surface area contributed by atoms with Crippen LogP contribution < -0.4 is 5.32 Å². The lowest BCUT2D eigenvalue weighted by Crippen LogP contribution is -2.13. The Morgan fingerprint density at radius 2 is 2.24 bits per heavy atom. The molecular formula is C12H14N4O. The Kier molecular flexibility index (Phi) is 3.18. The van der Waals surface area contributed by atoms with E-state index in [0.29, 0.717) is 11.4 Å². The highest BCUT2D eigenvalue weighted by molar-refractivity contribution is 6.03. The number of aryl methyl sites for hydroxylation is 2. The topological polar surface area (TPSA) is 70.7 Å². The molecule has 0 radical (unpaired) electrons. The molecule has 0 spiro atoms. The fourth-order valence-electron chi connectivity index (χ4n) is 1.55. The fourth-order valence-corrected chi connectivity index (χ4v) is 1.55. The Hall–Kier alpha value is -2.17. The van der Waals surface area contributed by atoms with Gasteiger partial charge in [-0.3, -0.25) is 14.9 Å². The normalized spacial score (nSPS) is 10.2. The van der Waals surface area contributed by atoms with Crippen molar-refractivity contribution in [3.8, 4) is 0 Å². The van der Waals surface area contributed by atoms with Gasteiger partial charge in [0, 0.05) is 18.0 Å². The Balaban J connectivity index is 2.17. The molecule has 5 nitrogen and oxygen atoms in total. The summed E-state index contributed by atoms with van der Waals surface area (Å²) in [6.07, 6.45) is 5.79. The molecule has 0 bridgehead atoms. The Bertz CT molecular complexity index is 533. The summed E-state index contributed by atoms with van der Waals surface area (Å²) >= 11 is 0. The summed E-state index contributed by atoms with van der Waals surface area (Å²) in [6.45, 7) is 3.91. The predicted molar refractivity (Wildman–Crippen MR) is 64.9 cm³/mol. The van der Waals surface area contributed by atoms with Crippen molar-refractivity contribution in [2.45, 2.75) is 20.3 Å². The van der Waals surface area contributed by atoms with Crippen LogP contribution in [-0.2, 0) is 6.42 Å². The van der Waals surface area contributed by atoms with Crippen LogP contribution in [-0.4, -0.2) is 21.1 Å². The number of rotatable bonds is 3. The average molecular weight is 230 g/mol. The first kappa shape index (κ1) is 11.3. The maximum absolute atomic E-state index is 11.9. The maximum Gasteiger partial charge on any atom is 0.258 e. The van der Waals surface area contributed by atoms with Crippen LogP contribution >= 0.6 is 0 Å². The Morgan fingerprint density at radius 1 is 1.41 bits per heavy atom. The Morgan fingerprint density at radius 3 is 2.94 bits per heavy atom. The minimum absolute atomic E-state index is 0.180. The van der Waals surface area contributed by atoms with E-state index in [0.717, 1.165) is 17.5 Å². The highest BCUT2D eigenvalue weighted by Crippen LogP contribution is 2.13. The van der Waals surface area contributed by atoms with E-state index in [1.54, 1.807) is 24.7 Å². The zero-order valence-electron chi connectivity index (χ0n) is 9.82. The molecule has 0 aliphatic heterocycles. The van der Waals surface area contributed by atoms with Crippen molar-refractivity contribution in [2.24, 2.45) is 0 Å². The van der Waals surface area contributed by atoms with E-state index < -0.39 is 0 Å². The predicted octanol–water partition coefficient (Wildman–Crippen LogP) is 1.93. The molecule has 2 aromatic heterocycles. The van der Waals surface area contributed by atoms with Crippen LogP contribution in [0.4, 0.5) is 5.82 Å². The smallest absolute Gasteiger partial charge is 0.258 e. The van der Waals surface area contributed by atoms with E-state index in [-0.39, 0.29) is 5.91 Å². The van der Waals surface area contributed by atoms with Gasteiger partial charge >= 0.3 is 0 Å².